The molecule has 15 heavy (non-hydrogen) atoms. The first kappa shape index (κ1) is 11.5. The molecule has 4 nitrogen and oxygen atoms in total. The summed E-state index contributed by atoms with van der Waals surface area (Å²) in [6.07, 6.45) is 0.532. The smallest absolute Gasteiger partial charge is 0.257 e. The Morgan fingerprint density at radius 3 is 2.87 bits per heavy atom. The number of aliphatic hydroxyl groups is 1. The summed E-state index contributed by atoms with van der Waals surface area (Å²) in [4.78, 5) is 11.0. The Kier molecular flexibility index (Phi) is 4.63. The molecule has 0 radical (unpaired) electrons. The highest BCUT2D eigenvalue weighted by Gasteiger charge is 2.04. The molecule has 0 atom stereocenters. The monoisotopic (exact) mass is 209 g/mol. The average Bonchev–Trinajstić information content (AvgIpc) is 2.28. The van der Waals surface area contributed by atoms with Gasteiger partial charge in [0.25, 0.3) is 5.91 Å². The van der Waals surface area contributed by atoms with E-state index in [-0.39, 0.29) is 19.1 Å². The van der Waals surface area contributed by atoms with E-state index in [1.54, 1.807) is 13.1 Å². The molecule has 1 amide bonds. The van der Waals surface area contributed by atoms with Gasteiger partial charge in [-0.15, -0.1) is 0 Å². The molecule has 0 aromatic heterocycles. The van der Waals surface area contributed by atoms with Gasteiger partial charge in [0.15, 0.2) is 6.61 Å². The van der Waals surface area contributed by atoms with Crippen molar-refractivity contribution >= 4 is 5.91 Å². The van der Waals surface area contributed by atoms with E-state index >= 15 is 0 Å². The van der Waals surface area contributed by atoms with Crippen LogP contribution in [-0.2, 0) is 11.2 Å². The van der Waals surface area contributed by atoms with Crippen LogP contribution in [0.1, 0.15) is 5.56 Å². The zero-order valence-corrected chi connectivity index (χ0v) is 8.69. The molecule has 0 aliphatic heterocycles. The number of ether oxygens (including phenoxy) is 1. The Hall–Kier alpha value is -1.55. The van der Waals surface area contributed by atoms with E-state index in [0.29, 0.717) is 12.2 Å². The van der Waals surface area contributed by atoms with Crippen molar-refractivity contribution in [1.82, 2.24) is 5.32 Å². The van der Waals surface area contributed by atoms with Crippen LogP contribution in [0.25, 0.3) is 0 Å². The number of benzene rings is 1. The fourth-order valence-corrected chi connectivity index (χ4v) is 1.19. The van der Waals surface area contributed by atoms with E-state index in [4.69, 9.17) is 9.84 Å². The summed E-state index contributed by atoms with van der Waals surface area (Å²) >= 11 is 0. The number of para-hydroxylation sites is 1. The van der Waals surface area contributed by atoms with Crippen molar-refractivity contribution in [3.8, 4) is 5.75 Å². The van der Waals surface area contributed by atoms with E-state index in [0.717, 1.165) is 5.56 Å². The molecule has 0 spiro atoms. The van der Waals surface area contributed by atoms with Crippen molar-refractivity contribution in [2.24, 2.45) is 0 Å². The van der Waals surface area contributed by atoms with Gasteiger partial charge in [-0.1, -0.05) is 18.2 Å². The molecule has 0 fully saturated rings. The summed E-state index contributed by atoms with van der Waals surface area (Å²) in [7, 11) is 1.56. The average molecular weight is 209 g/mol. The number of aliphatic hydroxyl groups excluding tert-OH is 1. The zero-order chi connectivity index (χ0) is 11.1. The van der Waals surface area contributed by atoms with Gasteiger partial charge in [-0.05, 0) is 18.1 Å². The fourth-order valence-electron chi connectivity index (χ4n) is 1.19. The molecule has 2 N–H and O–H groups in total. The topological polar surface area (TPSA) is 58.6 Å². The quantitative estimate of drug-likeness (QED) is 0.735. The summed E-state index contributed by atoms with van der Waals surface area (Å²) in [5, 5.41) is 11.3. The van der Waals surface area contributed by atoms with Crippen molar-refractivity contribution in [2.45, 2.75) is 6.42 Å². The minimum absolute atomic E-state index is 0.00105. The van der Waals surface area contributed by atoms with E-state index in [9.17, 15) is 4.79 Å². The van der Waals surface area contributed by atoms with Gasteiger partial charge < -0.3 is 15.2 Å². The highest BCUT2D eigenvalue weighted by Crippen LogP contribution is 2.17. The highest BCUT2D eigenvalue weighted by atomic mass is 16.5. The number of nitrogens with one attached hydrogen (secondary N) is 1. The van der Waals surface area contributed by atoms with Crippen LogP contribution < -0.4 is 10.1 Å². The van der Waals surface area contributed by atoms with Gasteiger partial charge in [0.2, 0.25) is 0 Å². The van der Waals surface area contributed by atoms with Crippen LogP contribution in [0.3, 0.4) is 0 Å². The summed E-state index contributed by atoms with van der Waals surface area (Å²) < 4.78 is 5.32. The van der Waals surface area contributed by atoms with Gasteiger partial charge in [-0.3, -0.25) is 4.79 Å². The molecular weight excluding hydrogens is 194 g/mol. The lowest BCUT2D eigenvalue weighted by Gasteiger charge is -2.09. The lowest BCUT2D eigenvalue weighted by molar-refractivity contribution is -0.122. The van der Waals surface area contributed by atoms with Crippen LogP contribution in [0.15, 0.2) is 24.3 Å². The molecule has 0 saturated carbocycles. The normalized spacial score (nSPS) is 9.73. The van der Waals surface area contributed by atoms with Crippen LogP contribution in [0.4, 0.5) is 0 Å². The second kappa shape index (κ2) is 6.03. The Morgan fingerprint density at radius 1 is 1.47 bits per heavy atom. The first-order valence-electron chi connectivity index (χ1n) is 4.80. The van der Waals surface area contributed by atoms with Crippen molar-refractivity contribution in [2.75, 3.05) is 20.3 Å². The Morgan fingerprint density at radius 2 is 2.20 bits per heavy atom. The molecule has 0 aliphatic rings. The molecule has 4 heteroatoms. The maximum absolute atomic E-state index is 11.0. The number of carbonyl (C=O) groups is 1. The lowest BCUT2D eigenvalue weighted by atomic mass is 10.1. The number of carbonyl (C=O) groups excluding carboxylic acids is 1. The Bertz CT molecular complexity index is 325. The Labute approximate surface area is 88.9 Å². The minimum Gasteiger partial charge on any atom is -0.483 e. The number of amides is 1. The van der Waals surface area contributed by atoms with E-state index in [1.807, 2.05) is 18.2 Å². The van der Waals surface area contributed by atoms with Crippen molar-refractivity contribution in [3.05, 3.63) is 29.8 Å². The van der Waals surface area contributed by atoms with Crippen LogP contribution in [-0.4, -0.2) is 31.3 Å². The van der Waals surface area contributed by atoms with E-state index in [2.05, 4.69) is 5.32 Å². The summed E-state index contributed by atoms with van der Waals surface area (Å²) in [6, 6.07) is 7.36. The minimum atomic E-state index is -0.172. The summed E-state index contributed by atoms with van der Waals surface area (Å²) in [5.74, 6) is 0.476. The molecule has 0 heterocycles. The van der Waals surface area contributed by atoms with E-state index in [1.165, 1.54) is 0 Å². The van der Waals surface area contributed by atoms with Crippen molar-refractivity contribution in [3.63, 3.8) is 0 Å². The summed E-state index contributed by atoms with van der Waals surface area (Å²) in [6.45, 7) is 0.0687. The number of likely N-dealkylation sites (N-methyl/N-ethyl adjacent to an activating group) is 1. The van der Waals surface area contributed by atoms with Gasteiger partial charge in [-0.25, -0.2) is 0 Å². The fraction of sp³-hybridized carbons (Fsp3) is 0.364. The number of hydrogen-bond acceptors (Lipinski definition) is 3. The first-order valence-corrected chi connectivity index (χ1v) is 4.80. The van der Waals surface area contributed by atoms with Crippen molar-refractivity contribution < 1.29 is 14.6 Å². The maximum atomic E-state index is 11.0. The standard InChI is InChI=1S/C11H15NO3/c1-12-11(14)8-15-10-5-3-2-4-9(10)6-7-13/h2-5,13H,6-8H2,1H3,(H,12,14). The molecule has 0 aliphatic carbocycles. The molecule has 1 aromatic rings. The third kappa shape index (κ3) is 3.59. The van der Waals surface area contributed by atoms with Crippen LogP contribution >= 0.6 is 0 Å². The lowest BCUT2D eigenvalue weighted by Crippen LogP contribution is -2.25. The van der Waals surface area contributed by atoms with E-state index < -0.39 is 0 Å². The molecular formula is C11H15NO3. The number of rotatable bonds is 5. The van der Waals surface area contributed by atoms with Gasteiger partial charge in [0, 0.05) is 13.7 Å². The van der Waals surface area contributed by atoms with Gasteiger partial charge >= 0.3 is 0 Å². The second-order valence-electron chi connectivity index (χ2n) is 3.04. The third-order valence-corrected chi connectivity index (χ3v) is 1.99. The third-order valence-electron chi connectivity index (χ3n) is 1.99. The molecule has 0 unspecified atom stereocenters. The van der Waals surface area contributed by atoms with Crippen molar-refractivity contribution in [1.29, 1.82) is 0 Å². The molecule has 1 aromatic carbocycles. The molecule has 0 bridgehead atoms. The summed E-state index contributed by atoms with van der Waals surface area (Å²) in [5.41, 5.74) is 0.906. The van der Waals surface area contributed by atoms with Gasteiger partial charge in [0.1, 0.15) is 5.75 Å². The second-order valence-corrected chi connectivity index (χ2v) is 3.04. The molecule has 82 valence electrons. The Balaban J connectivity index is 2.62. The van der Waals surface area contributed by atoms with Crippen LogP contribution in [0, 0.1) is 0 Å². The van der Waals surface area contributed by atoms with Crippen LogP contribution in [0.2, 0.25) is 0 Å². The highest BCUT2D eigenvalue weighted by molar-refractivity contribution is 5.77. The first-order chi connectivity index (χ1) is 7.27. The predicted molar refractivity (Wildman–Crippen MR) is 56.8 cm³/mol. The largest absolute Gasteiger partial charge is 0.483 e. The maximum Gasteiger partial charge on any atom is 0.257 e. The number of hydrogen-bond donors (Lipinski definition) is 2. The molecule has 1 rings (SSSR count). The molecule has 0 saturated heterocycles. The van der Waals surface area contributed by atoms with Gasteiger partial charge in [-0.2, -0.15) is 0 Å². The van der Waals surface area contributed by atoms with Crippen LogP contribution in [0.5, 0.6) is 5.75 Å². The predicted octanol–water partition coefficient (Wildman–Crippen LogP) is 0.346. The van der Waals surface area contributed by atoms with Gasteiger partial charge in [0.05, 0.1) is 0 Å². The SMILES string of the molecule is CNC(=O)COc1ccccc1CCO. The zero-order valence-electron chi connectivity index (χ0n) is 8.69.